The average Bonchev–Trinajstić information content (AvgIpc) is 3.20. The molecule has 122 valence electrons. The summed E-state index contributed by atoms with van der Waals surface area (Å²) in [6.45, 7) is 0. The lowest BCUT2D eigenvalue weighted by molar-refractivity contribution is 1.09. The van der Waals surface area contributed by atoms with E-state index in [-0.39, 0.29) is 0 Å². The molecule has 0 fully saturated rings. The van der Waals surface area contributed by atoms with Crippen molar-refractivity contribution in [1.29, 1.82) is 0 Å². The molecular formula is C16H14N4S4. The third-order valence-electron chi connectivity index (χ3n) is 3.26. The smallest absolute Gasteiger partial charge is 0.177 e. The van der Waals surface area contributed by atoms with Crippen molar-refractivity contribution >= 4 is 65.2 Å². The van der Waals surface area contributed by atoms with Gasteiger partial charge in [-0.15, -0.1) is 0 Å². The van der Waals surface area contributed by atoms with Crippen LogP contribution in [0.1, 0.15) is 0 Å². The van der Waals surface area contributed by atoms with Gasteiger partial charge in [0.15, 0.2) is 10.3 Å². The molecule has 0 saturated heterocycles. The molecule has 0 saturated carbocycles. The highest BCUT2D eigenvalue weighted by molar-refractivity contribution is 8.78. The summed E-state index contributed by atoms with van der Waals surface area (Å²) in [5.74, 6) is 2.11. The Labute approximate surface area is 155 Å². The predicted molar refractivity (Wildman–Crippen MR) is 109 cm³/mol. The van der Waals surface area contributed by atoms with Crippen LogP contribution >= 0.6 is 43.2 Å². The molecule has 2 aromatic carbocycles. The minimum Gasteiger partial charge on any atom is -0.332 e. The zero-order valence-electron chi connectivity index (χ0n) is 12.6. The minimum atomic E-state index is 0.969. The van der Waals surface area contributed by atoms with Gasteiger partial charge in [-0.3, -0.25) is 0 Å². The molecule has 0 bridgehead atoms. The normalized spacial score (nSPS) is 11.5. The third kappa shape index (κ3) is 3.88. The fraction of sp³-hybridized carbons (Fsp3) is 0.125. The van der Waals surface area contributed by atoms with Gasteiger partial charge in [0.25, 0.3) is 0 Å². The summed E-state index contributed by atoms with van der Waals surface area (Å²) in [5, 5.41) is 1.94. The number of imidazole rings is 2. The number of aromatic amines is 2. The predicted octanol–water partition coefficient (Wildman–Crippen LogP) is 5.62. The van der Waals surface area contributed by atoms with E-state index in [2.05, 4.69) is 32.1 Å². The van der Waals surface area contributed by atoms with E-state index in [1.165, 1.54) is 0 Å². The van der Waals surface area contributed by atoms with Gasteiger partial charge in [-0.1, -0.05) is 45.9 Å². The highest BCUT2D eigenvalue weighted by Gasteiger charge is 2.05. The lowest BCUT2D eigenvalue weighted by Gasteiger charge is -1.97. The molecular weight excluding hydrogens is 376 g/mol. The molecule has 24 heavy (non-hydrogen) atoms. The molecule has 0 atom stereocenters. The Bertz CT molecular complexity index is 805. The number of fused-ring (bicyclic) bond motifs is 2. The molecule has 2 aromatic heterocycles. The molecule has 0 amide bonds. The number of para-hydroxylation sites is 4. The fourth-order valence-corrected chi connectivity index (χ4v) is 6.58. The van der Waals surface area contributed by atoms with Crippen LogP contribution < -0.4 is 0 Å². The number of hydrogen-bond acceptors (Lipinski definition) is 6. The Kier molecular flexibility index (Phi) is 5.27. The number of benzene rings is 2. The second kappa shape index (κ2) is 7.77. The first-order valence-electron chi connectivity index (χ1n) is 7.37. The fourth-order valence-electron chi connectivity index (χ4n) is 2.20. The van der Waals surface area contributed by atoms with Crippen LogP contribution in [-0.2, 0) is 0 Å². The van der Waals surface area contributed by atoms with Crippen molar-refractivity contribution in [2.45, 2.75) is 10.3 Å². The van der Waals surface area contributed by atoms with Crippen LogP contribution in [0, 0.1) is 0 Å². The first kappa shape index (κ1) is 16.3. The van der Waals surface area contributed by atoms with Gasteiger partial charge in [-0.05, 0) is 45.9 Å². The molecule has 0 aliphatic heterocycles. The SMILES string of the molecule is c1ccc2[nH]c(SSCCSSc3nc4ccccc4[nH]3)nc2c1. The number of aromatic nitrogens is 4. The average molecular weight is 391 g/mol. The Morgan fingerprint density at radius 1 is 0.667 bits per heavy atom. The van der Waals surface area contributed by atoms with Crippen LogP contribution in [0.3, 0.4) is 0 Å². The summed E-state index contributed by atoms with van der Waals surface area (Å²) in [4.78, 5) is 15.8. The van der Waals surface area contributed by atoms with E-state index in [0.717, 1.165) is 43.9 Å². The van der Waals surface area contributed by atoms with Crippen LogP contribution in [-0.4, -0.2) is 31.4 Å². The summed E-state index contributed by atoms with van der Waals surface area (Å²) in [7, 11) is 7.04. The van der Waals surface area contributed by atoms with E-state index in [1.807, 2.05) is 58.0 Å². The summed E-state index contributed by atoms with van der Waals surface area (Å²) < 4.78 is 0. The van der Waals surface area contributed by atoms with E-state index in [0.29, 0.717) is 0 Å². The molecule has 0 radical (unpaired) electrons. The number of nitrogens with one attached hydrogen (secondary N) is 2. The molecule has 0 spiro atoms. The van der Waals surface area contributed by atoms with Crippen molar-refractivity contribution in [2.24, 2.45) is 0 Å². The minimum absolute atomic E-state index is 0.969. The van der Waals surface area contributed by atoms with Crippen molar-refractivity contribution in [2.75, 3.05) is 11.5 Å². The zero-order chi connectivity index (χ0) is 16.2. The van der Waals surface area contributed by atoms with E-state index >= 15 is 0 Å². The van der Waals surface area contributed by atoms with Gasteiger partial charge < -0.3 is 9.97 Å². The van der Waals surface area contributed by atoms with Crippen molar-refractivity contribution in [3.63, 3.8) is 0 Å². The van der Waals surface area contributed by atoms with Crippen LogP contribution in [0.2, 0.25) is 0 Å². The lowest BCUT2D eigenvalue weighted by atomic mass is 10.3. The zero-order valence-corrected chi connectivity index (χ0v) is 15.8. The third-order valence-corrected chi connectivity index (χ3v) is 7.85. The van der Waals surface area contributed by atoms with E-state index in [1.54, 1.807) is 21.6 Å². The maximum absolute atomic E-state index is 4.56. The van der Waals surface area contributed by atoms with Crippen molar-refractivity contribution in [3.05, 3.63) is 48.5 Å². The van der Waals surface area contributed by atoms with E-state index < -0.39 is 0 Å². The topological polar surface area (TPSA) is 57.4 Å². The van der Waals surface area contributed by atoms with Crippen LogP contribution in [0.25, 0.3) is 22.1 Å². The van der Waals surface area contributed by atoms with E-state index in [9.17, 15) is 0 Å². The molecule has 2 heterocycles. The maximum Gasteiger partial charge on any atom is 0.177 e. The summed E-state index contributed by atoms with van der Waals surface area (Å²) >= 11 is 0. The van der Waals surface area contributed by atoms with Gasteiger partial charge in [-0.2, -0.15) is 0 Å². The first-order valence-corrected chi connectivity index (χ1v) is 12.0. The maximum atomic E-state index is 4.56. The molecule has 0 aliphatic rings. The Morgan fingerprint density at radius 2 is 1.12 bits per heavy atom. The van der Waals surface area contributed by atoms with Crippen LogP contribution in [0.15, 0.2) is 58.8 Å². The highest BCUT2D eigenvalue weighted by Crippen LogP contribution is 2.34. The number of nitrogens with zero attached hydrogens (tertiary/aromatic N) is 2. The number of rotatable bonds is 7. The second-order valence-electron chi connectivity index (χ2n) is 4.93. The monoisotopic (exact) mass is 390 g/mol. The van der Waals surface area contributed by atoms with Gasteiger partial charge in [0.1, 0.15) is 0 Å². The Hall–Kier alpha value is -1.22. The molecule has 4 nitrogen and oxygen atoms in total. The molecule has 4 aromatic rings. The van der Waals surface area contributed by atoms with Gasteiger partial charge >= 0.3 is 0 Å². The van der Waals surface area contributed by atoms with Crippen molar-refractivity contribution < 1.29 is 0 Å². The quantitative estimate of drug-likeness (QED) is 0.315. The second-order valence-corrected chi connectivity index (χ2v) is 9.74. The molecule has 8 heteroatoms. The summed E-state index contributed by atoms with van der Waals surface area (Å²) in [6, 6.07) is 16.2. The van der Waals surface area contributed by atoms with Crippen LogP contribution in [0.5, 0.6) is 0 Å². The molecule has 0 aliphatic carbocycles. The van der Waals surface area contributed by atoms with Crippen LogP contribution in [0.4, 0.5) is 0 Å². The number of H-pyrrole nitrogens is 2. The summed E-state index contributed by atoms with van der Waals surface area (Å²) in [6.07, 6.45) is 0. The Balaban J connectivity index is 1.20. The van der Waals surface area contributed by atoms with Gasteiger partial charge in [0, 0.05) is 11.5 Å². The van der Waals surface area contributed by atoms with Crippen molar-refractivity contribution in [3.8, 4) is 0 Å². The lowest BCUT2D eigenvalue weighted by Crippen LogP contribution is -1.80. The highest BCUT2D eigenvalue weighted by atomic mass is 33.1. The first-order chi connectivity index (χ1) is 11.9. The largest absolute Gasteiger partial charge is 0.332 e. The van der Waals surface area contributed by atoms with Gasteiger partial charge in [-0.25, -0.2) is 9.97 Å². The van der Waals surface area contributed by atoms with Crippen molar-refractivity contribution in [1.82, 2.24) is 19.9 Å². The Morgan fingerprint density at radius 3 is 1.58 bits per heavy atom. The standard InChI is InChI=1S/C16H14N4S4/c1-2-6-12-11(5-1)17-15(18-12)23-21-9-10-22-24-16-19-13-7-3-4-8-14(13)20-16/h1-8H,9-10H2,(H,17,18)(H,19,20). The molecule has 4 rings (SSSR count). The molecule has 0 unspecified atom stereocenters. The van der Waals surface area contributed by atoms with E-state index in [4.69, 9.17) is 0 Å². The number of hydrogen-bond donors (Lipinski definition) is 2. The summed E-state index contributed by atoms with van der Waals surface area (Å²) in [5.41, 5.74) is 4.23. The van der Waals surface area contributed by atoms with Gasteiger partial charge in [0.05, 0.1) is 22.1 Å². The van der Waals surface area contributed by atoms with Gasteiger partial charge in [0.2, 0.25) is 0 Å². The molecule has 2 N–H and O–H groups in total.